The molecule has 0 fully saturated rings. The van der Waals surface area contributed by atoms with Gasteiger partial charge in [-0.2, -0.15) is 0 Å². The van der Waals surface area contributed by atoms with Crippen LogP contribution in [0.15, 0.2) is 36.7 Å². The second-order valence-corrected chi connectivity index (χ2v) is 6.52. The molecular weight excluding hydrogens is 258 g/mol. The van der Waals surface area contributed by atoms with Gasteiger partial charge in [0.25, 0.3) is 0 Å². The van der Waals surface area contributed by atoms with Crippen molar-refractivity contribution in [1.29, 1.82) is 0 Å². The molecule has 4 rings (SSSR count). The van der Waals surface area contributed by atoms with Crippen molar-refractivity contribution in [3.63, 3.8) is 0 Å². The highest BCUT2D eigenvalue weighted by Gasteiger charge is 2.22. The molecule has 2 heterocycles. The van der Waals surface area contributed by atoms with E-state index in [-0.39, 0.29) is 0 Å². The lowest BCUT2D eigenvalue weighted by molar-refractivity contribution is 0.322. The van der Waals surface area contributed by atoms with E-state index in [0.717, 1.165) is 25.4 Å². The number of hydrogen-bond acceptors (Lipinski definition) is 2. The molecule has 2 atom stereocenters. The summed E-state index contributed by atoms with van der Waals surface area (Å²) < 4.78 is 2.33. The highest BCUT2D eigenvalue weighted by molar-refractivity contribution is 5.30. The van der Waals surface area contributed by atoms with Crippen molar-refractivity contribution in [3.05, 3.63) is 53.6 Å². The van der Waals surface area contributed by atoms with E-state index in [4.69, 9.17) is 0 Å². The van der Waals surface area contributed by atoms with Crippen molar-refractivity contribution in [2.45, 2.75) is 44.7 Å². The number of benzene rings is 1. The van der Waals surface area contributed by atoms with E-state index in [1.807, 2.05) is 6.20 Å². The molecule has 1 aromatic heterocycles. The van der Waals surface area contributed by atoms with Crippen molar-refractivity contribution >= 4 is 0 Å². The van der Waals surface area contributed by atoms with Gasteiger partial charge in [-0.15, -0.1) is 0 Å². The minimum atomic E-state index is 0.657. The van der Waals surface area contributed by atoms with Gasteiger partial charge < -0.3 is 9.88 Å². The maximum absolute atomic E-state index is 4.41. The first kappa shape index (κ1) is 13.1. The molecule has 0 spiro atoms. The highest BCUT2D eigenvalue weighted by atomic mass is 15.1. The van der Waals surface area contributed by atoms with Crippen molar-refractivity contribution in [2.75, 3.05) is 6.54 Å². The average Bonchev–Trinajstić information content (AvgIpc) is 3.00. The van der Waals surface area contributed by atoms with E-state index in [1.54, 1.807) is 11.1 Å². The number of imidazole rings is 1. The summed E-state index contributed by atoms with van der Waals surface area (Å²) in [5.41, 5.74) is 3.10. The van der Waals surface area contributed by atoms with Gasteiger partial charge in [0.2, 0.25) is 0 Å². The molecule has 110 valence electrons. The summed E-state index contributed by atoms with van der Waals surface area (Å²) in [6, 6.07) is 9.57. The van der Waals surface area contributed by atoms with E-state index >= 15 is 0 Å². The fourth-order valence-corrected chi connectivity index (χ4v) is 3.81. The van der Waals surface area contributed by atoms with Crippen LogP contribution in [0.5, 0.6) is 0 Å². The summed E-state index contributed by atoms with van der Waals surface area (Å²) in [5.74, 6) is 2.02. The Bertz CT molecular complexity index is 616. The molecule has 3 nitrogen and oxygen atoms in total. The first-order valence-electron chi connectivity index (χ1n) is 8.18. The van der Waals surface area contributed by atoms with Crippen LogP contribution < -0.4 is 5.32 Å². The Morgan fingerprint density at radius 1 is 1.14 bits per heavy atom. The Morgan fingerprint density at radius 3 is 3.00 bits per heavy atom. The van der Waals surface area contributed by atoms with Crippen molar-refractivity contribution in [3.8, 4) is 0 Å². The SMILES string of the molecule is c1ccc2c(c1)CC[C@H](NC[C@H]1CCc3nccn3C1)C2. The van der Waals surface area contributed by atoms with Crippen molar-refractivity contribution in [1.82, 2.24) is 14.9 Å². The largest absolute Gasteiger partial charge is 0.335 e. The quantitative estimate of drug-likeness (QED) is 0.937. The molecule has 0 bridgehead atoms. The fourth-order valence-electron chi connectivity index (χ4n) is 3.81. The topological polar surface area (TPSA) is 29.9 Å². The van der Waals surface area contributed by atoms with Crippen LogP contribution in [0, 0.1) is 5.92 Å². The van der Waals surface area contributed by atoms with Crippen LogP contribution in [0.3, 0.4) is 0 Å². The molecule has 1 aliphatic heterocycles. The smallest absolute Gasteiger partial charge is 0.108 e. The van der Waals surface area contributed by atoms with Crippen LogP contribution in [0.25, 0.3) is 0 Å². The molecule has 1 N–H and O–H groups in total. The molecule has 2 aliphatic rings. The molecule has 2 aromatic rings. The predicted octanol–water partition coefficient (Wildman–Crippen LogP) is 2.59. The number of nitrogens with zero attached hydrogens (tertiary/aromatic N) is 2. The third-order valence-corrected chi connectivity index (χ3v) is 5.07. The number of aryl methyl sites for hydroxylation is 2. The Balaban J connectivity index is 1.32. The Labute approximate surface area is 126 Å². The standard InChI is InChI=1S/C18H23N3/c1-2-4-16-11-17(7-6-15(16)3-1)20-12-14-5-8-18-19-9-10-21(18)13-14/h1-4,9-10,14,17,20H,5-8,11-13H2/t14-,17+/m1/s1. The Kier molecular flexibility index (Phi) is 3.52. The number of aromatic nitrogens is 2. The van der Waals surface area contributed by atoms with E-state index in [9.17, 15) is 0 Å². The van der Waals surface area contributed by atoms with Crippen LogP contribution in [0.1, 0.15) is 29.8 Å². The predicted molar refractivity (Wildman–Crippen MR) is 84.3 cm³/mol. The third-order valence-electron chi connectivity index (χ3n) is 5.07. The summed E-state index contributed by atoms with van der Waals surface area (Å²) in [4.78, 5) is 4.41. The van der Waals surface area contributed by atoms with Crippen LogP contribution in [0.4, 0.5) is 0 Å². The first-order valence-corrected chi connectivity index (χ1v) is 8.18. The summed E-state index contributed by atoms with van der Waals surface area (Å²) >= 11 is 0. The molecule has 0 unspecified atom stereocenters. The van der Waals surface area contributed by atoms with Gasteiger partial charge in [-0.25, -0.2) is 4.98 Å². The molecule has 1 aromatic carbocycles. The van der Waals surface area contributed by atoms with Crippen LogP contribution in [-0.2, 0) is 25.8 Å². The molecule has 3 heteroatoms. The monoisotopic (exact) mass is 281 g/mol. The van der Waals surface area contributed by atoms with E-state index < -0.39 is 0 Å². The fraction of sp³-hybridized carbons (Fsp3) is 0.500. The third kappa shape index (κ3) is 2.75. The van der Waals surface area contributed by atoms with E-state index in [1.165, 1.54) is 31.5 Å². The normalized spacial score (nSPS) is 24.4. The maximum atomic E-state index is 4.41. The lowest BCUT2D eigenvalue weighted by atomic mass is 9.88. The zero-order chi connectivity index (χ0) is 14.1. The van der Waals surface area contributed by atoms with Crippen LogP contribution in [0.2, 0.25) is 0 Å². The summed E-state index contributed by atoms with van der Waals surface area (Å²) in [7, 11) is 0. The molecule has 0 saturated carbocycles. The number of rotatable bonds is 3. The van der Waals surface area contributed by atoms with Gasteiger partial charge in [0, 0.05) is 31.4 Å². The lowest BCUT2D eigenvalue weighted by Gasteiger charge is -2.29. The van der Waals surface area contributed by atoms with Crippen molar-refractivity contribution in [2.24, 2.45) is 5.92 Å². The lowest BCUT2D eigenvalue weighted by Crippen LogP contribution is -2.39. The average molecular weight is 281 g/mol. The maximum Gasteiger partial charge on any atom is 0.108 e. The second kappa shape index (κ2) is 5.64. The van der Waals surface area contributed by atoms with E-state index in [0.29, 0.717) is 6.04 Å². The molecule has 0 radical (unpaired) electrons. The number of fused-ring (bicyclic) bond motifs is 2. The second-order valence-electron chi connectivity index (χ2n) is 6.52. The summed E-state index contributed by atoms with van der Waals surface area (Å²) in [6.07, 6.45) is 10.2. The summed E-state index contributed by atoms with van der Waals surface area (Å²) in [5, 5.41) is 3.82. The zero-order valence-electron chi connectivity index (χ0n) is 12.5. The molecular formula is C18H23N3. The van der Waals surface area contributed by atoms with E-state index in [2.05, 4.69) is 45.3 Å². The molecule has 1 aliphatic carbocycles. The van der Waals surface area contributed by atoms with Crippen LogP contribution in [-0.4, -0.2) is 22.1 Å². The van der Waals surface area contributed by atoms with Crippen LogP contribution >= 0.6 is 0 Å². The molecule has 0 saturated heterocycles. The van der Waals surface area contributed by atoms with Gasteiger partial charge >= 0.3 is 0 Å². The van der Waals surface area contributed by atoms with Gasteiger partial charge in [0.05, 0.1) is 0 Å². The Hall–Kier alpha value is -1.61. The highest BCUT2D eigenvalue weighted by Crippen LogP contribution is 2.22. The van der Waals surface area contributed by atoms with Gasteiger partial charge in [0.15, 0.2) is 0 Å². The number of hydrogen-bond donors (Lipinski definition) is 1. The zero-order valence-corrected chi connectivity index (χ0v) is 12.5. The minimum Gasteiger partial charge on any atom is -0.335 e. The van der Waals surface area contributed by atoms with Gasteiger partial charge in [-0.05, 0) is 49.3 Å². The van der Waals surface area contributed by atoms with Gasteiger partial charge in [0.1, 0.15) is 5.82 Å². The van der Waals surface area contributed by atoms with Gasteiger partial charge in [-0.1, -0.05) is 24.3 Å². The molecule has 21 heavy (non-hydrogen) atoms. The Morgan fingerprint density at radius 2 is 2.05 bits per heavy atom. The number of nitrogens with one attached hydrogen (secondary N) is 1. The summed E-state index contributed by atoms with van der Waals surface area (Å²) in [6.45, 7) is 2.27. The van der Waals surface area contributed by atoms with Crippen molar-refractivity contribution < 1.29 is 0 Å². The van der Waals surface area contributed by atoms with Gasteiger partial charge in [-0.3, -0.25) is 0 Å². The first-order chi connectivity index (χ1) is 10.4. The minimum absolute atomic E-state index is 0.657. The molecule has 0 amide bonds.